The van der Waals surface area contributed by atoms with E-state index in [4.69, 9.17) is 9.47 Å². The first-order chi connectivity index (χ1) is 12.8. The summed E-state index contributed by atoms with van der Waals surface area (Å²) in [5.41, 5.74) is 1.21. The molecule has 0 atom stereocenters. The maximum absolute atomic E-state index is 12.4. The van der Waals surface area contributed by atoms with E-state index in [9.17, 15) is 4.79 Å². The molecule has 1 aromatic carbocycles. The van der Waals surface area contributed by atoms with Gasteiger partial charge in [0.15, 0.2) is 11.5 Å². The quantitative estimate of drug-likeness (QED) is 0.762. The van der Waals surface area contributed by atoms with Crippen molar-refractivity contribution in [1.82, 2.24) is 14.8 Å². The molecule has 6 heteroatoms. The Morgan fingerprint density at radius 3 is 2.54 bits per heavy atom. The zero-order valence-electron chi connectivity index (χ0n) is 15.1. The second-order valence-corrected chi connectivity index (χ2v) is 6.27. The molecule has 1 fully saturated rings. The molecule has 1 amide bonds. The van der Waals surface area contributed by atoms with E-state index in [-0.39, 0.29) is 5.91 Å². The Morgan fingerprint density at radius 1 is 1.08 bits per heavy atom. The van der Waals surface area contributed by atoms with Crippen LogP contribution in [0.4, 0.5) is 0 Å². The largest absolute Gasteiger partial charge is 0.493 e. The number of hydrogen-bond donors (Lipinski definition) is 0. The first-order valence-electron chi connectivity index (χ1n) is 8.91. The summed E-state index contributed by atoms with van der Waals surface area (Å²) < 4.78 is 10.9. The van der Waals surface area contributed by atoms with Crippen molar-refractivity contribution in [2.75, 3.05) is 39.9 Å². The molecular weight excluding hydrogens is 330 g/mol. The summed E-state index contributed by atoms with van der Waals surface area (Å²) in [4.78, 5) is 20.8. The van der Waals surface area contributed by atoms with Gasteiger partial charge in [0, 0.05) is 45.1 Å². The molecule has 1 aliphatic rings. The monoisotopic (exact) mass is 355 g/mol. The van der Waals surface area contributed by atoms with Crippen LogP contribution in [0.15, 0.2) is 48.8 Å². The highest BCUT2D eigenvalue weighted by Gasteiger charge is 2.21. The van der Waals surface area contributed by atoms with Crippen LogP contribution in [-0.4, -0.2) is 60.6 Å². The molecule has 0 aliphatic carbocycles. The zero-order valence-corrected chi connectivity index (χ0v) is 15.1. The average molecular weight is 355 g/mol. The Kier molecular flexibility index (Phi) is 6.44. The Balaban J connectivity index is 1.39. The number of benzene rings is 1. The van der Waals surface area contributed by atoms with E-state index >= 15 is 0 Å². The number of pyridine rings is 1. The molecule has 138 valence electrons. The minimum atomic E-state index is 0.140. The standard InChI is InChI=1S/C20H25N3O3/c1-25-18-6-2-3-7-19(18)26-14-8-20(24)23-12-10-22(11-13-23)16-17-5-4-9-21-15-17/h2-7,9,15H,8,10-14,16H2,1H3. The summed E-state index contributed by atoms with van der Waals surface area (Å²) in [7, 11) is 1.61. The van der Waals surface area contributed by atoms with Gasteiger partial charge in [-0.1, -0.05) is 18.2 Å². The van der Waals surface area contributed by atoms with Crippen molar-refractivity contribution in [3.05, 3.63) is 54.4 Å². The average Bonchev–Trinajstić information content (AvgIpc) is 2.69. The lowest BCUT2D eigenvalue weighted by Gasteiger charge is -2.34. The van der Waals surface area contributed by atoms with Crippen molar-refractivity contribution in [2.24, 2.45) is 0 Å². The lowest BCUT2D eigenvalue weighted by atomic mass is 10.2. The van der Waals surface area contributed by atoms with Crippen LogP contribution in [0.3, 0.4) is 0 Å². The summed E-state index contributed by atoms with van der Waals surface area (Å²) in [6, 6.07) is 11.5. The molecule has 6 nitrogen and oxygen atoms in total. The molecule has 0 spiro atoms. The van der Waals surface area contributed by atoms with Crippen molar-refractivity contribution >= 4 is 5.91 Å². The fraction of sp³-hybridized carbons (Fsp3) is 0.400. The maximum atomic E-state index is 12.4. The van der Waals surface area contributed by atoms with Crippen LogP contribution in [0, 0.1) is 0 Å². The summed E-state index contributed by atoms with van der Waals surface area (Å²) in [6.45, 7) is 4.52. The van der Waals surface area contributed by atoms with Gasteiger partial charge in [-0.15, -0.1) is 0 Å². The summed E-state index contributed by atoms with van der Waals surface area (Å²) in [6.07, 6.45) is 4.06. The van der Waals surface area contributed by atoms with Crippen LogP contribution in [-0.2, 0) is 11.3 Å². The smallest absolute Gasteiger partial charge is 0.226 e. The topological polar surface area (TPSA) is 54.9 Å². The first-order valence-corrected chi connectivity index (χ1v) is 8.91. The molecule has 0 bridgehead atoms. The molecule has 1 aliphatic heterocycles. The number of amides is 1. The van der Waals surface area contributed by atoms with Crippen LogP contribution in [0.5, 0.6) is 11.5 Å². The number of carbonyl (C=O) groups is 1. The highest BCUT2D eigenvalue weighted by molar-refractivity contribution is 5.76. The minimum Gasteiger partial charge on any atom is -0.493 e. The summed E-state index contributed by atoms with van der Waals surface area (Å²) in [5, 5.41) is 0. The molecule has 2 aromatic rings. The number of para-hydroxylation sites is 2. The van der Waals surface area contributed by atoms with Crippen LogP contribution >= 0.6 is 0 Å². The molecule has 2 heterocycles. The van der Waals surface area contributed by atoms with E-state index in [1.807, 2.05) is 41.4 Å². The van der Waals surface area contributed by atoms with E-state index in [1.54, 1.807) is 13.3 Å². The molecule has 0 saturated carbocycles. The number of piperazine rings is 1. The molecular formula is C20H25N3O3. The Hall–Kier alpha value is -2.60. The molecule has 1 saturated heterocycles. The molecule has 26 heavy (non-hydrogen) atoms. The van der Waals surface area contributed by atoms with Crippen molar-refractivity contribution in [2.45, 2.75) is 13.0 Å². The maximum Gasteiger partial charge on any atom is 0.226 e. The SMILES string of the molecule is COc1ccccc1OCCC(=O)N1CCN(Cc2cccnc2)CC1. The Labute approximate surface area is 154 Å². The second kappa shape index (κ2) is 9.20. The van der Waals surface area contributed by atoms with Gasteiger partial charge in [0.1, 0.15) is 0 Å². The van der Waals surface area contributed by atoms with Crippen molar-refractivity contribution in [3.8, 4) is 11.5 Å². The van der Waals surface area contributed by atoms with E-state index < -0.39 is 0 Å². The highest BCUT2D eigenvalue weighted by atomic mass is 16.5. The zero-order chi connectivity index (χ0) is 18.2. The number of hydrogen-bond acceptors (Lipinski definition) is 5. The van der Waals surface area contributed by atoms with Gasteiger partial charge in [0.25, 0.3) is 0 Å². The number of methoxy groups -OCH3 is 1. The highest BCUT2D eigenvalue weighted by Crippen LogP contribution is 2.25. The Bertz CT molecular complexity index is 700. The van der Waals surface area contributed by atoms with Gasteiger partial charge in [-0.05, 0) is 23.8 Å². The van der Waals surface area contributed by atoms with E-state index in [2.05, 4.69) is 16.0 Å². The van der Waals surface area contributed by atoms with Crippen molar-refractivity contribution in [3.63, 3.8) is 0 Å². The van der Waals surface area contributed by atoms with Crippen molar-refractivity contribution in [1.29, 1.82) is 0 Å². The van der Waals surface area contributed by atoms with E-state index in [0.717, 1.165) is 32.7 Å². The van der Waals surface area contributed by atoms with E-state index in [0.29, 0.717) is 24.5 Å². The van der Waals surface area contributed by atoms with Crippen LogP contribution in [0.1, 0.15) is 12.0 Å². The molecule has 1 aromatic heterocycles. The van der Waals surface area contributed by atoms with Crippen LogP contribution < -0.4 is 9.47 Å². The van der Waals surface area contributed by atoms with Gasteiger partial charge < -0.3 is 14.4 Å². The number of rotatable bonds is 7. The van der Waals surface area contributed by atoms with Gasteiger partial charge in [0.05, 0.1) is 20.1 Å². The summed E-state index contributed by atoms with van der Waals surface area (Å²) >= 11 is 0. The molecule has 0 N–H and O–H groups in total. The van der Waals surface area contributed by atoms with Gasteiger partial charge >= 0.3 is 0 Å². The third-order valence-corrected chi connectivity index (χ3v) is 4.50. The minimum absolute atomic E-state index is 0.140. The van der Waals surface area contributed by atoms with Crippen molar-refractivity contribution < 1.29 is 14.3 Å². The third kappa shape index (κ3) is 4.95. The lowest BCUT2D eigenvalue weighted by Crippen LogP contribution is -2.48. The predicted molar refractivity (Wildman–Crippen MR) is 99.2 cm³/mol. The number of carbonyl (C=O) groups excluding carboxylic acids is 1. The van der Waals surface area contributed by atoms with Crippen LogP contribution in [0.2, 0.25) is 0 Å². The fourth-order valence-corrected chi connectivity index (χ4v) is 3.05. The van der Waals surface area contributed by atoms with Gasteiger partial charge in [-0.3, -0.25) is 14.7 Å². The number of nitrogens with zero attached hydrogens (tertiary/aromatic N) is 3. The summed E-state index contributed by atoms with van der Waals surface area (Å²) in [5.74, 6) is 1.49. The van der Waals surface area contributed by atoms with Gasteiger partial charge in [-0.25, -0.2) is 0 Å². The van der Waals surface area contributed by atoms with Gasteiger partial charge in [0.2, 0.25) is 5.91 Å². The van der Waals surface area contributed by atoms with E-state index in [1.165, 1.54) is 5.56 Å². The normalized spacial score (nSPS) is 14.9. The molecule has 0 unspecified atom stereocenters. The van der Waals surface area contributed by atoms with Crippen LogP contribution in [0.25, 0.3) is 0 Å². The lowest BCUT2D eigenvalue weighted by molar-refractivity contribution is -0.133. The number of aromatic nitrogens is 1. The fourth-order valence-electron chi connectivity index (χ4n) is 3.05. The first kappa shape index (κ1) is 18.2. The van der Waals surface area contributed by atoms with Gasteiger partial charge in [-0.2, -0.15) is 0 Å². The predicted octanol–water partition coefficient (Wildman–Crippen LogP) is 2.20. The number of ether oxygens (including phenoxy) is 2. The molecule has 3 rings (SSSR count). The molecule has 0 radical (unpaired) electrons. The third-order valence-electron chi connectivity index (χ3n) is 4.50. The Morgan fingerprint density at radius 2 is 1.85 bits per heavy atom. The second-order valence-electron chi connectivity index (χ2n) is 6.27.